The molecular weight excluding hydrogens is 321 g/mol. The highest BCUT2D eigenvalue weighted by atomic mass is 35.5. The number of piperazine rings is 1. The lowest BCUT2D eigenvalue weighted by molar-refractivity contribution is -0.134. The summed E-state index contributed by atoms with van der Waals surface area (Å²) >= 11 is 1.80. The molecule has 8 heteroatoms. The number of carbonyl (C=O) groups excluding carboxylic acids is 1. The van der Waals surface area contributed by atoms with Crippen LogP contribution in [0.3, 0.4) is 0 Å². The summed E-state index contributed by atoms with van der Waals surface area (Å²) in [5, 5.41) is 3.24. The van der Waals surface area contributed by atoms with Gasteiger partial charge in [0.1, 0.15) is 0 Å². The molecule has 0 saturated carbocycles. The van der Waals surface area contributed by atoms with Gasteiger partial charge < -0.3 is 9.64 Å². The van der Waals surface area contributed by atoms with Crippen LogP contribution in [0.15, 0.2) is 0 Å². The summed E-state index contributed by atoms with van der Waals surface area (Å²) in [5.41, 5.74) is 0. The highest BCUT2D eigenvalue weighted by Crippen LogP contribution is 2.13. The number of carbonyl (C=O) groups is 1. The van der Waals surface area contributed by atoms with E-state index in [0.717, 1.165) is 57.6 Å². The van der Waals surface area contributed by atoms with E-state index < -0.39 is 0 Å². The van der Waals surface area contributed by atoms with Gasteiger partial charge in [0.2, 0.25) is 5.91 Å². The molecule has 0 radical (unpaired) electrons. The molecule has 0 spiro atoms. The second kappa shape index (κ2) is 10.9. The minimum Gasteiger partial charge on any atom is -0.380 e. The predicted octanol–water partition coefficient (Wildman–Crippen LogP) is 0.673. The van der Waals surface area contributed by atoms with E-state index in [1.807, 2.05) is 11.8 Å². The summed E-state index contributed by atoms with van der Waals surface area (Å²) < 4.78 is 5.36. The Morgan fingerprint density at radius 1 is 1.30 bits per heavy atom. The van der Waals surface area contributed by atoms with E-state index in [9.17, 15) is 4.79 Å². The first-order valence-electron chi connectivity index (χ1n) is 6.71. The zero-order valence-electron chi connectivity index (χ0n) is 11.9. The molecule has 2 aliphatic rings. The number of hydrogen-bond donors (Lipinski definition) is 1. The molecule has 0 aliphatic carbocycles. The quantitative estimate of drug-likeness (QED) is 0.742. The molecule has 1 unspecified atom stereocenters. The topological polar surface area (TPSA) is 44.8 Å². The van der Waals surface area contributed by atoms with Gasteiger partial charge in [-0.25, -0.2) is 0 Å². The third-order valence-corrected chi connectivity index (χ3v) is 4.39. The third-order valence-electron chi connectivity index (χ3n) is 3.45. The Labute approximate surface area is 138 Å². The fourth-order valence-electron chi connectivity index (χ4n) is 2.30. The van der Waals surface area contributed by atoms with Gasteiger partial charge >= 0.3 is 0 Å². The molecule has 0 aromatic heterocycles. The number of nitrogens with one attached hydrogen (secondary N) is 1. The minimum absolute atomic E-state index is 0. The largest absolute Gasteiger partial charge is 0.380 e. The number of hydrogen-bond acceptors (Lipinski definition) is 5. The van der Waals surface area contributed by atoms with Crippen molar-refractivity contribution < 1.29 is 9.53 Å². The molecule has 2 saturated heterocycles. The maximum Gasteiger partial charge on any atom is 0.240 e. The zero-order valence-corrected chi connectivity index (χ0v) is 14.3. The van der Waals surface area contributed by atoms with Crippen LogP contribution in [-0.2, 0) is 9.53 Å². The van der Waals surface area contributed by atoms with E-state index in [0.29, 0.717) is 0 Å². The fourth-order valence-corrected chi connectivity index (χ4v) is 3.24. The number of nitrogens with zero attached hydrogens (tertiary/aromatic N) is 2. The van der Waals surface area contributed by atoms with Gasteiger partial charge in [-0.3, -0.25) is 15.0 Å². The molecule has 2 heterocycles. The lowest BCUT2D eigenvalue weighted by Crippen LogP contribution is -2.53. The van der Waals surface area contributed by atoms with Crippen LogP contribution < -0.4 is 5.32 Å². The normalized spacial score (nSPS) is 23.1. The van der Waals surface area contributed by atoms with E-state index in [1.165, 1.54) is 0 Å². The molecule has 20 heavy (non-hydrogen) atoms. The van der Waals surface area contributed by atoms with Gasteiger partial charge in [-0.05, 0) is 6.92 Å². The van der Waals surface area contributed by atoms with Crippen LogP contribution in [0.1, 0.15) is 6.92 Å². The Hall–Kier alpha value is 0.280. The van der Waals surface area contributed by atoms with E-state index in [-0.39, 0.29) is 36.8 Å². The van der Waals surface area contributed by atoms with Gasteiger partial charge in [0.05, 0.1) is 12.6 Å². The Morgan fingerprint density at radius 2 is 2.00 bits per heavy atom. The van der Waals surface area contributed by atoms with Crippen molar-refractivity contribution in [2.24, 2.45) is 0 Å². The third kappa shape index (κ3) is 5.95. The number of thioether (sulfide) groups is 1. The summed E-state index contributed by atoms with van der Waals surface area (Å²) in [4.78, 5) is 16.5. The van der Waals surface area contributed by atoms with Crippen LogP contribution in [0, 0.1) is 0 Å². The molecule has 1 N–H and O–H groups in total. The summed E-state index contributed by atoms with van der Waals surface area (Å²) in [6, 6.07) is 0.0463. The zero-order chi connectivity index (χ0) is 12.8. The van der Waals surface area contributed by atoms with Crippen molar-refractivity contribution in [1.29, 1.82) is 0 Å². The minimum atomic E-state index is 0. The maximum atomic E-state index is 12.2. The molecule has 2 aliphatic heterocycles. The van der Waals surface area contributed by atoms with Crippen LogP contribution in [0.25, 0.3) is 0 Å². The van der Waals surface area contributed by atoms with Crippen molar-refractivity contribution >= 4 is 42.5 Å². The first kappa shape index (κ1) is 20.3. The summed E-state index contributed by atoms with van der Waals surface area (Å²) in [6.45, 7) is 8.23. The van der Waals surface area contributed by atoms with Gasteiger partial charge in [-0.1, -0.05) is 0 Å². The van der Waals surface area contributed by atoms with Crippen LogP contribution in [-0.4, -0.2) is 79.3 Å². The summed E-state index contributed by atoms with van der Waals surface area (Å²) in [6.07, 6.45) is 0. The van der Waals surface area contributed by atoms with Crippen LogP contribution in [0.4, 0.5) is 0 Å². The number of ether oxygens (including phenoxy) is 1. The van der Waals surface area contributed by atoms with Gasteiger partial charge in [0.25, 0.3) is 0 Å². The van der Waals surface area contributed by atoms with Gasteiger partial charge in [0, 0.05) is 51.0 Å². The van der Waals surface area contributed by atoms with Crippen molar-refractivity contribution in [2.45, 2.75) is 13.0 Å². The molecule has 120 valence electrons. The highest BCUT2D eigenvalue weighted by molar-refractivity contribution is 7.99. The van der Waals surface area contributed by atoms with Gasteiger partial charge in [-0.2, -0.15) is 0 Å². The smallest absolute Gasteiger partial charge is 0.240 e. The molecule has 1 atom stereocenters. The van der Waals surface area contributed by atoms with Crippen molar-refractivity contribution in [3.63, 3.8) is 0 Å². The average molecular weight is 346 g/mol. The number of rotatable bonds is 5. The molecule has 2 rings (SSSR count). The first-order valence-corrected chi connectivity index (χ1v) is 7.86. The summed E-state index contributed by atoms with van der Waals surface area (Å²) in [7, 11) is 0. The summed E-state index contributed by atoms with van der Waals surface area (Å²) in [5.74, 6) is 2.11. The predicted molar refractivity (Wildman–Crippen MR) is 88.3 cm³/mol. The van der Waals surface area contributed by atoms with E-state index >= 15 is 0 Å². The Morgan fingerprint density at radius 3 is 2.55 bits per heavy atom. The lowest BCUT2D eigenvalue weighted by atomic mass is 10.2. The van der Waals surface area contributed by atoms with Gasteiger partial charge in [-0.15, -0.1) is 36.6 Å². The standard InChI is InChI=1S/C12H23N3O2S.2ClH/c1-2-17-8-7-14-3-5-15(6-4-14)12(16)11-9-18-10-13-11;;/h11,13H,2-10H2,1H3;2*1H. The Balaban J connectivity index is 0.00000180. The number of amides is 1. The van der Waals surface area contributed by atoms with E-state index in [1.54, 1.807) is 11.8 Å². The fraction of sp³-hybridized carbons (Fsp3) is 0.917. The maximum absolute atomic E-state index is 12.2. The second-order valence-corrected chi connectivity index (χ2v) is 5.67. The van der Waals surface area contributed by atoms with Crippen molar-refractivity contribution in [1.82, 2.24) is 15.1 Å². The van der Waals surface area contributed by atoms with Gasteiger partial charge in [0.15, 0.2) is 0 Å². The molecule has 0 aromatic rings. The van der Waals surface area contributed by atoms with E-state index in [4.69, 9.17) is 4.74 Å². The molecular formula is C12H25Cl2N3O2S. The van der Waals surface area contributed by atoms with Crippen LogP contribution in [0.5, 0.6) is 0 Å². The van der Waals surface area contributed by atoms with Crippen molar-refractivity contribution in [2.75, 3.05) is 57.6 Å². The van der Waals surface area contributed by atoms with Crippen LogP contribution >= 0.6 is 36.6 Å². The molecule has 5 nitrogen and oxygen atoms in total. The lowest BCUT2D eigenvalue weighted by Gasteiger charge is -2.35. The van der Waals surface area contributed by atoms with Crippen LogP contribution in [0.2, 0.25) is 0 Å². The SMILES string of the molecule is CCOCCN1CCN(C(=O)C2CSCN2)CC1.Cl.Cl. The molecule has 1 amide bonds. The Bertz CT molecular complexity index is 273. The van der Waals surface area contributed by atoms with E-state index in [2.05, 4.69) is 10.2 Å². The highest BCUT2D eigenvalue weighted by Gasteiger charge is 2.29. The van der Waals surface area contributed by atoms with Crippen molar-refractivity contribution in [3.05, 3.63) is 0 Å². The number of halogens is 2. The first-order chi connectivity index (χ1) is 8.81. The molecule has 0 bridgehead atoms. The van der Waals surface area contributed by atoms with Crippen molar-refractivity contribution in [3.8, 4) is 0 Å². The monoisotopic (exact) mass is 345 g/mol. The molecule has 2 fully saturated rings. The average Bonchev–Trinajstić information content (AvgIpc) is 2.93. The molecule has 0 aromatic carbocycles. The second-order valence-electron chi connectivity index (χ2n) is 4.64. The Kier molecular flexibility index (Phi) is 11.1.